The summed E-state index contributed by atoms with van der Waals surface area (Å²) in [5.74, 6) is -0.178. The SMILES string of the molecule is Cc1csc(Oc2ccc(CC(=O)O)cc2)n1. The molecule has 5 heteroatoms. The largest absolute Gasteiger partial charge is 0.481 e. The van der Waals surface area contributed by atoms with E-state index in [9.17, 15) is 4.79 Å². The first-order valence-electron chi connectivity index (χ1n) is 5.04. The van der Waals surface area contributed by atoms with Crippen molar-refractivity contribution in [2.24, 2.45) is 0 Å². The number of ether oxygens (including phenoxy) is 1. The van der Waals surface area contributed by atoms with Crippen molar-refractivity contribution in [3.63, 3.8) is 0 Å². The highest BCUT2D eigenvalue weighted by Crippen LogP contribution is 2.25. The lowest BCUT2D eigenvalue weighted by Crippen LogP contribution is -1.99. The van der Waals surface area contributed by atoms with E-state index in [2.05, 4.69) is 4.98 Å². The molecule has 0 atom stereocenters. The second-order valence-electron chi connectivity index (χ2n) is 3.57. The fraction of sp³-hybridized carbons (Fsp3) is 0.167. The maximum atomic E-state index is 10.5. The van der Waals surface area contributed by atoms with Crippen molar-refractivity contribution >= 4 is 17.3 Å². The van der Waals surface area contributed by atoms with Gasteiger partial charge in [-0.3, -0.25) is 4.79 Å². The number of thiazole rings is 1. The normalized spacial score (nSPS) is 10.2. The average molecular weight is 249 g/mol. The highest BCUT2D eigenvalue weighted by atomic mass is 32.1. The standard InChI is InChI=1S/C12H11NO3S/c1-8-7-17-12(13-8)16-10-4-2-9(3-5-10)6-11(14)15/h2-5,7H,6H2,1H3,(H,14,15). The minimum atomic E-state index is -0.839. The van der Waals surface area contributed by atoms with E-state index in [0.717, 1.165) is 11.3 Å². The molecule has 0 saturated carbocycles. The molecule has 1 aromatic heterocycles. The molecule has 0 amide bonds. The van der Waals surface area contributed by atoms with Gasteiger partial charge in [-0.15, -0.1) is 0 Å². The molecule has 0 bridgehead atoms. The molecule has 17 heavy (non-hydrogen) atoms. The Kier molecular flexibility index (Phi) is 3.39. The van der Waals surface area contributed by atoms with Crippen LogP contribution < -0.4 is 4.74 Å². The minimum Gasteiger partial charge on any atom is -0.481 e. The number of hydrogen-bond donors (Lipinski definition) is 1. The average Bonchev–Trinajstić information content (AvgIpc) is 2.66. The summed E-state index contributed by atoms with van der Waals surface area (Å²) >= 11 is 1.43. The number of carbonyl (C=O) groups is 1. The molecule has 0 spiro atoms. The van der Waals surface area contributed by atoms with E-state index in [4.69, 9.17) is 9.84 Å². The van der Waals surface area contributed by atoms with Crippen LogP contribution in [0, 0.1) is 6.92 Å². The molecule has 0 saturated heterocycles. The van der Waals surface area contributed by atoms with Gasteiger partial charge in [0.15, 0.2) is 0 Å². The van der Waals surface area contributed by atoms with Crippen LogP contribution in [0.2, 0.25) is 0 Å². The number of rotatable bonds is 4. The van der Waals surface area contributed by atoms with Crippen LogP contribution in [0.25, 0.3) is 0 Å². The van der Waals surface area contributed by atoms with Gasteiger partial charge in [-0.1, -0.05) is 23.5 Å². The molecule has 1 heterocycles. The Morgan fingerprint density at radius 2 is 2.12 bits per heavy atom. The van der Waals surface area contributed by atoms with E-state index < -0.39 is 5.97 Å². The van der Waals surface area contributed by atoms with Crippen LogP contribution in [-0.4, -0.2) is 16.1 Å². The summed E-state index contributed by atoms with van der Waals surface area (Å²) < 4.78 is 5.52. The Hall–Kier alpha value is -1.88. The molecule has 1 N–H and O–H groups in total. The number of aryl methyl sites for hydroxylation is 1. The molecule has 0 unspecified atom stereocenters. The summed E-state index contributed by atoms with van der Waals surface area (Å²) in [6, 6.07) is 6.97. The number of aromatic nitrogens is 1. The third kappa shape index (κ3) is 3.29. The lowest BCUT2D eigenvalue weighted by Gasteiger charge is -2.02. The van der Waals surface area contributed by atoms with Gasteiger partial charge in [-0.05, 0) is 24.6 Å². The monoisotopic (exact) mass is 249 g/mol. The summed E-state index contributed by atoms with van der Waals surface area (Å²) in [7, 11) is 0. The smallest absolute Gasteiger partial charge is 0.307 e. The number of carboxylic acid groups (broad SMARTS) is 1. The Morgan fingerprint density at radius 3 is 2.65 bits per heavy atom. The van der Waals surface area contributed by atoms with Gasteiger partial charge in [0.25, 0.3) is 5.19 Å². The van der Waals surface area contributed by atoms with Crippen molar-refractivity contribution in [3.05, 3.63) is 40.9 Å². The van der Waals surface area contributed by atoms with Gasteiger partial charge >= 0.3 is 5.97 Å². The second-order valence-corrected chi connectivity index (χ2v) is 4.39. The van der Waals surface area contributed by atoms with Crippen LogP contribution in [0.4, 0.5) is 0 Å². The van der Waals surface area contributed by atoms with Crippen molar-refractivity contribution in [1.82, 2.24) is 4.98 Å². The molecule has 1 aromatic carbocycles. The number of nitrogens with zero attached hydrogens (tertiary/aromatic N) is 1. The van der Waals surface area contributed by atoms with E-state index in [1.54, 1.807) is 24.3 Å². The molecule has 2 aromatic rings. The maximum Gasteiger partial charge on any atom is 0.307 e. The molecule has 2 rings (SSSR count). The first-order chi connectivity index (χ1) is 8.13. The van der Waals surface area contributed by atoms with Crippen LogP contribution in [0.1, 0.15) is 11.3 Å². The van der Waals surface area contributed by atoms with Gasteiger partial charge in [0.2, 0.25) is 0 Å². The predicted octanol–water partition coefficient (Wildman–Crippen LogP) is 2.87. The Labute approximate surface area is 103 Å². The van der Waals surface area contributed by atoms with Crippen LogP contribution in [0.3, 0.4) is 0 Å². The maximum absolute atomic E-state index is 10.5. The number of aliphatic carboxylic acids is 1. The molecule has 0 aliphatic carbocycles. The first kappa shape index (κ1) is 11.6. The zero-order valence-electron chi connectivity index (χ0n) is 9.21. The van der Waals surface area contributed by atoms with Gasteiger partial charge < -0.3 is 9.84 Å². The van der Waals surface area contributed by atoms with Gasteiger partial charge in [-0.25, -0.2) is 4.98 Å². The van der Waals surface area contributed by atoms with Gasteiger partial charge in [0.1, 0.15) is 5.75 Å². The van der Waals surface area contributed by atoms with E-state index in [0.29, 0.717) is 10.9 Å². The summed E-state index contributed by atoms with van der Waals surface area (Å²) in [4.78, 5) is 14.7. The fourth-order valence-corrected chi connectivity index (χ4v) is 2.00. The van der Waals surface area contributed by atoms with Crippen molar-refractivity contribution in [2.75, 3.05) is 0 Å². The number of carboxylic acids is 1. The summed E-state index contributed by atoms with van der Waals surface area (Å²) in [6.07, 6.45) is 0.0244. The predicted molar refractivity (Wildman–Crippen MR) is 64.7 cm³/mol. The van der Waals surface area contributed by atoms with Gasteiger partial charge in [-0.2, -0.15) is 0 Å². The molecule has 0 aliphatic rings. The fourth-order valence-electron chi connectivity index (χ4n) is 1.33. The van der Waals surface area contributed by atoms with E-state index >= 15 is 0 Å². The van der Waals surface area contributed by atoms with E-state index in [1.165, 1.54) is 11.3 Å². The van der Waals surface area contributed by atoms with Gasteiger partial charge in [0.05, 0.1) is 12.1 Å². The quantitative estimate of drug-likeness (QED) is 0.905. The zero-order valence-corrected chi connectivity index (χ0v) is 10.0. The Morgan fingerprint density at radius 1 is 1.41 bits per heavy atom. The van der Waals surface area contributed by atoms with Crippen molar-refractivity contribution in [1.29, 1.82) is 0 Å². The first-order valence-corrected chi connectivity index (χ1v) is 5.92. The van der Waals surface area contributed by atoms with E-state index in [1.807, 2.05) is 12.3 Å². The Bertz CT molecular complexity index is 519. The number of hydrogen-bond acceptors (Lipinski definition) is 4. The summed E-state index contributed by atoms with van der Waals surface area (Å²) in [6.45, 7) is 1.90. The lowest BCUT2D eigenvalue weighted by molar-refractivity contribution is -0.136. The third-order valence-electron chi connectivity index (χ3n) is 2.08. The van der Waals surface area contributed by atoms with Crippen LogP contribution in [-0.2, 0) is 11.2 Å². The second kappa shape index (κ2) is 4.97. The van der Waals surface area contributed by atoms with Crippen LogP contribution in [0.15, 0.2) is 29.6 Å². The molecular weight excluding hydrogens is 238 g/mol. The van der Waals surface area contributed by atoms with Crippen LogP contribution >= 0.6 is 11.3 Å². The topological polar surface area (TPSA) is 59.4 Å². The highest BCUT2D eigenvalue weighted by molar-refractivity contribution is 7.11. The van der Waals surface area contributed by atoms with Crippen LogP contribution in [0.5, 0.6) is 10.9 Å². The zero-order chi connectivity index (χ0) is 12.3. The number of benzene rings is 1. The van der Waals surface area contributed by atoms with Gasteiger partial charge in [0, 0.05) is 5.38 Å². The Balaban J connectivity index is 2.05. The summed E-state index contributed by atoms with van der Waals surface area (Å²) in [5.41, 5.74) is 1.67. The molecule has 0 aliphatic heterocycles. The third-order valence-corrected chi connectivity index (χ3v) is 2.92. The molecule has 0 radical (unpaired) electrons. The summed E-state index contributed by atoms with van der Waals surface area (Å²) in [5, 5.41) is 11.1. The minimum absolute atomic E-state index is 0.0244. The van der Waals surface area contributed by atoms with Crippen molar-refractivity contribution in [2.45, 2.75) is 13.3 Å². The van der Waals surface area contributed by atoms with E-state index in [-0.39, 0.29) is 6.42 Å². The highest BCUT2D eigenvalue weighted by Gasteiger charge is 2.03. The molecule has 88 valence electrons. The molecule has 4 nitrogen and oxygen atoms in total. The van der Waals surface area contributed by atoms with Crippen molar-refractivity contribution < 1.29 is 14.6 Å². The molecular formula is C12H11NO3S. The van der Waals surface area contributed by atoms with Crippen molar-refractivity contribution in [3.8, 4) is 10.9 Å². The lowest BCUT2D eigenvalue weighted by atomic mass is 10.1. The molecule has 0 fully saturated rings.